The number of nitrogens with two attached hydrogens (primary N) is 1. The number of carboxylic acids is 1. The molecule has 2 aromatic rings. The highest BCUT2D eigenvalue weighted by molar-refractivity contribution is 6.33. The van der Waals surface area contributed by atoms with Gasteiger partial charge < -0.3 is 16.2 Å². The Morgan fingerprint density at radius 2 is 1.96 bits per heavy atom. The Hall–Kier alpha value is -2.11. The van der Waals surface area contributed by atoms with Crippen LogP contribution in [0.15, 0.2) is 42.5 Å². The van der Waals surface area contributed by atoms with Crippen molar-refractivity contribution in [1.82, 2.24) is 0 Å². The van der Waals surface area contributed by atoms with Crippen LogP contribution in [-0.4, -0.2) is 17.6 Å². The summed E-state index contributed by atoms with van der Waals surface area (Å²) in [4.78, 5) is 10.9. The highest BCUT2D eigenvalue weighted by atomic mass is 35.5. The molecule has 1 atom stereocenters. The third-order valence-electron chi connectivity index (χ3n) is 3.56. The number of rotatable bonds is 7. The molecule has 6 heteroatoms. The largest absolute Gasteiger partial charge is 0.481 e. The van der Waals surface area contributed by atoms with Gasteiger partial charge in [0.05, 0.1) is 17.1 Å². The summed E-state index contributed by atoms with van der Waals surface area (Å²) in [5, 5.41) is 12.7. The van der Waals surface area contributed by atoms with Gasteiger partial charge in [-0.3, -0.25) is 4.79 Å². The number of benzene rings is 2. The molecule has 4 N–H and O–H groups in total. The van der Waals surface area contributed by atoms with Crippen LogP contribution in [0.5, 0.6) is 0 Å². The molecule has 0 saturated carbocycles. The zero-order valence-electron chi connectivity index (χ0n) is 12.4. The quantitative estimate of drug-likeness (QED) is 0.722. The molecular formula is C17H18ClFN2O2. The second-order valence-corrected chi connectivity index (χ2v) is 5.66. The smallest absolute Gasteiger partial charge is 0.304 e. The van der Waals surface area contributed by atoms with E-state index in [1.54, 1.807) is 24.3 Å². The molecule has 0 aliphatic heterocycles. The number of anilines is 1. The highest BCUT2D eigenvalue weighted by Crippen LogP contribution is 2.28. The van der Waals surface area contributed by atoms with E-state index < -0.39 is 5.97 Å². The molecule has 0 spiro atoms. The lowest BCUT2D eigenvalue weighted by molar-refractivity contribution is -0.137. The SMILES string of the molecule is NC[C@H](CC(=O)O)c1ccc(Cl)c(NCc2ccc(F)cc2)c1. The summed E-state index contributed by atoms with van der Waals surface area (Å²) in [6.07, 6.45) is -0.0322. The molecule has 122 valence electrons. The Morgan fingerprint density at radius 3 is 2.57 bits per heavy atom. The molecule has 0 radical (unpaired) electrons. The van der Waals surface area contributed by atoms with Crippen LogP contribution in [0.25, 0.3) is 0 Å². The lowest BCUT2D eigenvalue weighted by atomic mass is 9.95. The zero-order valence-corrected chi connectivity index (χ0v) is 13.2. The Balaban J connectivity index is 2.13. The zero-order chi connectivity index (χ0) is 16.8. The molecule has 0 aliphatic carbocycles. The van der Waals surface area contributed by atoms with E-state index >= 15 is 0 Å². The van der Waals surface area contributed by atoms with Crippen molar-refractivity contribution in [3.8, 4) is 0 Å². The molecule has 2 rings (SSSR count). The molecule has 23 heavy (non-hydrogen) atoms. The second kappa shape index (κ2) is 7.94. The standard InChI is InChI=1S/C17H18ClFN2O2/c18-15-6-3-12(13(9-20)8-17(22)23)7-16(15)21-10-11-1-4-14(19)5-2-11/h1-7,13,21H,8-10,20H2,(H,22,23)/t13-/m0/s1. The first-order valence-corrected chi connectivity index (χ1v) is 7.57. The first-order chi connectivity index (χ1) is 11.0. The van der Waals surface area contributed by atoms with Gasteiger partial charge in [-0.15, -0.1) is 0 Å². The molecule has 0 unspecified atom stereocenters. The van der Waals surface area contributed by atoms with Gasteiger partial charge in [0, 0.05) is 12.5 Å². The number of hydrogen-bond donors (Lipinski definition) is 3. The fourth-order valence-electron chi connectivity index (χ4n) is 2.28. The molecule has 0 amide bonds. The van der Waals surface area contributed by atoms with Crippen molar-refractivity contribution in [2.75, 3.05) is 11.9 Å². The van der Waals surface area contributed by atoms with Crippen molar-refractivity contribution in [3.05, 3.63) is 64.4 Å². The lowest BCUT2D eigenvalue weighted by Crippen LogP contribution is -2.16. The molecule has 4 nitrogen and oxygen atoms in total. The van der Waals surface area contributed by atoms with Crippen molar-refractivity contribution in [1.29, 1.82) is 0 Å². The minimum absolute atomic E-state index is 0.0322. The number of carbonyl (C=O) groups is 1. The Labute approximate surface area is 139 Å². The van der Waals surface area contributed by atoms with Gasteiger partial charge >= 0.3 is 5.97 Å². The molecule has 0 heterocycles. The van der Waals surface area contributed by atoms with Crippen molar-refractivity contribution in [2.45, 2.75) is 18.9 Å². The number of hydrogen-bond acceptors (Lipinski definition) is 3. The molecule has 0 saturated heterocycles. The highest BCUT2D eigenvalue weighted by Gasteiger charge is 2.15. The predicted octanol–water partition coefficient (Wildman–Crippen LogP) is 3.61. The third-order valence-corrected chi connectivity index (χ3v) is 3.89. The van der Waals surface area contributed by atoms with E-state index in [4.69, 9.17) is 22.4 Å². The molecule has 0 aromatic heterocycles. The van der Waals surface area contributed by atoms with Crippen LogP contribution in [-0.2, 0) is 11.3 Å². The first-order valence-electron chi connectivity index (χ1n) is 7.19. The van der Waals surface area contributed by atoms with Gasteiger partial charge in [-0.2, -0.15) is 0 Å². The van der Waals surface area contributed by atoms with Crippen molar-refractivity contribution in [2.24, 2.45) is 5.73 Å². The number of halogens is 2. The number of nitrogens with one attached hydrogen (secondary N) is 1. The van der Waals surface area contributed by atoms with Crippen LogP contribution in [0, 0.1) is 5.82 Å². The van der Waals surface area contributed by atoms with E-state index in [1.165, 1.54) is 12.1 Å². The van der Waals surface area contributed by atoms with Crippen LogP contribution in [0.2, 0.25) is 5.02 Å². The van der Waals surface area contributed by atoms with Gasteiger partial charge in [0.25, 0.3) is 0 Å². The average Bonchev–Trinajstić information content (AvgIpc) is 2.53. The maximum absolute atomic E-state index is 12.9. The first kappa shape index (κ1) is 17.2. The van der Waals surface area contributed by atoms with E-state index in [2.05, 4.69) is 5.32 Å². The summed E-state index contributed by atoms with van der Waals surface area (Å²) < 4.78 is 12.9. The number of carboxylic acid groups (broad SMARTS) is 1. The van der Waals surface area contributed by atoms with Crippen LogP contribution in [0.1, 0.15) is 23.5 Å². The monoisotopic (exact) mass is 336 g/mol. The molecule has 0 aliphatic rings. The Bertz CT molecular complexity index is 677. The van der Waals surface area contributed by atoms with E-state index in [-0.39, 0.29) is 24.7 Å². The minimum atomic E-state index is -0.892. The fourth-order valence-corrected chi connectivity index (χ4v) is 2.46. The van der Waals surface area contributed by atoms with Crippen LogP contribution < -0.4 is 11.1 Å². The van der Waals surface area contributed by atoms with E-state index in [9.17, 15) is 9.18 Å². The maximum atomic E-state index is 12.9. The molecule has 2 aromatic carbocycles. The Kier molecular flexibility index (Phi) is 5.96. The summed E-state index contributed by atoms with van der Waals surface area (Å²) in [6, 6.07) is 11.5. The van der Waals surface area contributed by atoms with Gasteiger partial charge in [0.1, 0.15) is 5.82 Å². The van der Waals surface area contributed by atoms with Crippen molar-refractivity contribution >= 4 is 23.3 Å². The van der Waals surface area contributed by atoms with E-state index in [1.807, 2.05) is 6.07 Å². The van der Waals surface area contributed by atoms with Crippen LogP contribution >= 0.6 is 11.6 Å². The fraction of sp³-hybridized carbons (Fsp3) is 0.235. The lowest BCUT2D eigenvalue weighted by Gasteiger charge is -2.16. The van der Waals surface area contributed by atoms with E-state index in [0.29, 0.717) is 17.3 Å². The van der Waals surface area contributed by atoms with E-state index in [0.717, 1.165) is 11.1 Å². The van der Waals surface area contributed by atoms with Crippen molar-refractivity contribution in [3.63, 3.8) is 0 Å². The van der Waals surface area contributed by atoms with Gasteiger partial charge in [-0.25, -0.2) is 4.39 Å². The summed E-state index contributed by atoms with van der Waals surface area (Å²) in [5.41, 5.74) is 8.09. The van der Waals surface area contributed by atoms with Gasteiger partial charge in [-0.05, 0) is 41.9 Å². The van der Waals surface area contributed by atoms with Gasteiger partial charge in [0.2, 0.25) is 0 Å². The normalized spacial score (nSPS) is 12.0. The molecule has 0 fully saturated rings. The van der Waals surface area contributed by atoms with Gasteiger partial charge in [0.15, 0.2) is 0 Å². The van der Waals surface area contributed by atoms with Crippen molar-refractivity contribution < 1.29 is 14.3 Å². The summed E-state index contributed by atoms with van der Waals surface area (Å²) in [5.74, 6) is -1.44. The van der Waals surface area contributed by atoms with Crippen LogP contribution in [0.4, 0.5) is 10.1 Å². The van der Waals surface area contributed by atoms with Crippen LogP contribution in [0.3, 0.4) is 0 Å². The maximum Gasteiger partial charge on any atom is 0.304 e. The Morgan fingerprint density at radius 1 is 1.26 bits per heavy atom. The van der Waals surface area contributed by atoms with Gasteiger partial charge in [-0.1, -0.05) is 29.8 Å². The summed E-state index contributed by atoms with van der Waals surface area (Å²) in [6.45, 7) is 0.723. The summed E-state index contributed by atoms with van der Waals surface area (Å²) >= 11 is 6.17. The second-order valence-electron chi connectivity index (χ2n) is 5.25. The number of aliphatic carboxylic acids is 1. The topological polar surface area (TPSA) is 75.4 Å². The summed E-state index contributed by atoms with van der Waals surface area (Å²) in [7, 11) is 0. The minimum Gasteiger partial charge on any atom is -0.481 e. The predicted molar refractivity (Wildman–Crippen MR) is 89.2 cm³/mol. The molecular weight excluding hydrogens is 319 g/mol. The molecule has 0 bridgehead atoms. The average molecular weight is 337 g/mol. The third kappa shape index (κ3) is 4.94.